The topological polar surface area (TPSA) is 81.4 Å². The van der Waals surface area contributed by atoms with Crippen molar-refractivity contribution in [2.45, 2.75) is 0 Å². The molecule has 0 saturated heterocycles. The summed E-state index contributed by atoms with van der Waals surface area (Å²) in [4.78, 5) is 23.2. The number of hydrogen-bond acceptors (Lipinski definition) is 5. The van der Waals surface area contributed by atoms with Crippen LogP contribution >= 0.6 is 11.3 Å². The average Bonchev–Trinajstić information content (AvgIpc) is 2.81. The lowest BCUT2D eigenvalue weighted by Crippen LogP contribution is -2.29. The molecule has 3 N–H and O–H groups in total. The number of carbonyl (C=O) groups excluding carboxylic acids is 2. The fourth-order valence-corrected chi connectivity index (χ4v) is 1.74. The smallest absolute Gasteiger partial charge is 0.325 e. The van der Waals surface area contributed by atoms with Crippen LogP contribution in [0.3, 0.4) is 0 Å². The Bertz CT molecular complexity index is 471. The van der Waals surface area contributed by atoms with E-state index in [9.17, 15) is 9.59 Å². The van der Waals surface area contributed by atoms with Crippen LogP contribution in [0.25, 0.3) is 0 Å². The molecular weight excluding hydrogens is 240 g/mol. The first-order valence-corrected chi connectivity index (χ1v) is 5.68. The summed E-state index contributed by atoms with van der Waals surface area (Å²) in [7, 11) is 1.26. The number of rotatable bonds is 3. The first-order valence-electron chi connectivity index (χ1n) is 4.80. The highest BCUT2D eigenvalue weighted by molar-refractivity contribution is 7.10. The molecule has 17 heavy (non-hydrogen) atoms. The van der Waals surface area contributed by atoms with Crippen molar-refractivity contribution >= 4 is 23.2 Å². The number of nitrogens with two attached hydrogens (primary N) is 1. The summed E-state index contributed by atoms with van der Waals surface area (Å²) in [6, 6.07) is 1.65. The van der Waals surface area contributed by atoms with Gasteiger partial charge in [-0.05, 0) is 6.07 Å². The van der Waals surface area contributed by atoms with Crippen molar-refractivity contribution in [1.29, 1.82) is 0 Å². The summed E-state index contributed by atoms with van der Waals surface area (Å²) in [5.41, 5.74) is 5.71. The highest BCUT2D eigenvalue weighted by Crippen LogP contribution is 2.13. The van der Waals surface area contributed by atoms with Crippen LogP contribution in [0.1, 0.15) is 15.2 Å². The van der Waals surface area contributed by atoms with E-state index in [0.717, 1.165) is 4.88 Å². The molecule has 0 radical (unpaired) electrons. The van der Waals surface area contributed by atoms with E-state index >= 15 is 0 Å². The molecule has 0 spiro atoms. The zero-order valence-electron chi connectivity index (χ0n) is 9.28. The van der Waals surface area contributed by atoms with Gasteiger partial charge in [0, 0.05) is 5.38 Å². The Balaban J connectivity index is 2.58. The zero-order chi connectivity index (χ0) is 12.7. The van der Waals surface area contributed by atoms with Crippen LogP contribution in [0.4, 0.5) is 0 Å². The van der Waals surface area contributed by atoms with Gasteiger partial charge in [-0.15, -0.1) is 11.3 Å². The Morgan fingerprint density at radius 2 is 2.35 bits per heavy atom. The Hall–Kier alpha value is -1.84. The molecule has 0 unspecified atom stereocenters. The lowest BCUT2D eigenvalue weighted by atomic mass is 10.3. The molecular formula is C11H12N2O3S. The summed E-state index contributed by atoms with van der Waals surface area (Å²) in [6.45, 7) is 0.136. The van der Waals surface area contributed by atoms with Crippen LogP contribution in [0, 0.1) is 11.8 Å². The summed E-state index contributed by atoms with van der Waals surface area (Å²) >= 11 is 1.35. The second-order valence-electron chi connectivity index (χ2n) is 2.96. The summed E-state index contributed by atoms with van der Waals surface area (Å²) in [6.07, 6.45) is 0. The van der Waals surface area contributed by atoms with Crippen molar-refractivity contribution < 1.29 is 14.3 Å². The Morgan fingerprint density at radius 1 is 1.59 bits per heavy atom. The summed E-state index contributed by atoms with van der Waals surface area (Å²) in [5, 5.41) is 4.11. The highest BCUT2D eigenvalue weighted by atomic mass is 32.1. The molecule has 0 saturated carbocycles. The molecule has 1 aromatic heterocycles. The van der Waals surface area contributed by atoms with Gasteiger partial charge in [0.2, 0.25) is 0 Å². The van der Waals surface area contributed by atoms with Crippen LogP contribution in [0.5, 0.6) is 0 Å². The van der Waals surface area contributed by atoms with Gasteiger partial charge < -0.3 is 15.8 Å². The van der Waals surface area contributed by atoms with E-state index in [0.29, 0.717) is 5.56 Å². The SMILES string of the molecule is COC(=O)CNC(=O)c1csc(C#CCN)c1. The first kappa shape index (κ1) is 13.2. The molecule has 5 nitrogen and oxygen atoms in total. The molecule has 0 aliphatic carbocycles. The van der Waals surface area contributed by atoms with Gasteiger partial charge in [-0.2, -0.15) is 0 Å². The number of amides is 1. The molecule has 0 bridgehead atoms. The molecule has 6 heteroatoms. The van der Waals surface area contributed by atoms with Crippen molar-refractivity contribution in [3.05, 3.63) is 21.9 Å². The van der Waals surface area contributed by atoms with E-state index in [-0.39, 0.29) is 19.0 Å². The molecule has 0 aliphatic heterocycles. The molecule has 1 rings (SSSR count). The zero-order valence-corrected chi connectivity index (χ0v) is 10.1. The maximum atomic E-state index is 11.6. The lowest BCUT2D eigenvalue weighted by Gasteiger charge is -2.00. The quantitative estimate of drug-likeness (QED) is 0.584. The number of esters is 1. The molecule has 1 aromatic rings. The Kier molecular flexibility index (Phi) is 5.20. The number of carbonyl (C=O) groups is 2. The van der Waals surface area contributed by atoms with Crippen LogP contribution in [0.15, 0.2) is 11.4 Å². The largest absolute Gasteiger partial charge is 0.468 e. The number of thiophene rings is 1. The minimum atomic E-state index is -0.489. The standard InChI is InChI=1S/C11H12N2O3S/c1-16-10(14)6-13-11(15)8-5-9(17-7-8)3-2-4-12/h5,7H,4,6,12H2,1H3,(H,13,15). The second-order valence-corrected chi connectivity index (χ2v) is 3.88. The maximum absolute atomic E-state index is 11.6. The van der Waals surface area contributed by atoms with Gasteiger partial charge >= 0.3 is 5.97 Å². The Morgan fingerprint density at radius 3 is 3.00 bits per heavy atom. The predicted molar refractivity (Wildman–Crippen MR) is 64.6 cm³/mol. The van der Waals surface area contributed by atoms with Crippen molar-refractivity contribution in [2.75, 3.05) is 20.2 Å². The third kappa shape index (κ3) is 4.26. The van der Waals surface area contributed by atoms with Crippen molar-refractivity contribution in [3.63, 3.8) is 0 Å². The number of hydrogen-bond donors (Lipinski definition) is 2. The normalized spacial score (nSPS) is 9.06. The fraction of sp³-hybridized carbons (Fsp3) is 0.273. The van der Waals surface area contributed by atoms with Crippen molar-refractivity contribution in [2.24, 2.45) is 5.73 Å². The van der Waals surface area contributed by atoms with E-state index in [2.05, 4.69) is 21.9 Å². The van der Waals surface area contributed by atoms with Crippen LogP contribution in [0.2, 0.25) is 0 Å². The van der Waals surface area contributed by atoms with Gasteiger partial charge in [0.05, 0.1) is 24.1 Å². The molecule has 0 atom stereocenters. The minimum absolute atomic E-state index is 0.144. The van der Waals surface area contributed by atoms with E-state index in [1.807, 2.05) is 0 Å². The van der Waals surface area contributed by atoms with E-state index in [1.54, 1.807) is 11.4 Å². The lowest BCUT2D eigenvalue weighted by molar-refractivity contribution is -0.139. The summed E-state index contributed by atoms with van der Waals surface area (Å²) < 4.78 is 4.41. The number of methoxy groups -OCH3 is 1. The summed E-state index contributed by atoms with van der Waals surface area (Å²) in [5.74, 6) is 4.71. The van der Waals surface area contributed by atoms with Gasteiger partial charge in [-0.3, -0.25) is 9.59 Å². The third-order valence-electron chi connectivity index (χ3n) is 1.80. The van der Waals surface area contributed by atoms with Crippen LogP contribution in [-0.4, -0.2) is 32.1 Å². The fourth-order valence-electron chi connectivity index (χ4n) is 0.986. The molecule has 1 amide bonds. The van der Waals surface area contributed by atoms with E-state index < -0.39 is 5.97 Å². The average molecular weight is 252 g/mol. The molecule has 0 aliphatic rings. The van der Waals surface area contributed by atoms with Crippen molar-refractivity contribution in [3.8, 4) is 11.8 Å². The second kappa shape index (κ2) is 6.68. The molecule has 0 fully saturated rings. The third-order valence-corrected chi connectivity index (χ3v) is 2.64. The molecule has 0 aromatic carbocycles. The number of ether oxygens (including phenoxy) is 1. The van der Waals surface area contributed by atoms with Crippen molar-refractivity contribution in [1.82, 2.24) is 5.32 Å². The van der Waals surface area contributed by atoms with Gasteiger partial charge in [0.25, 0.3) is 5.91 Å². The van der Waals surface area contributed by atoms with Gasteiger partial charge in [-0.1, -0.05) is 11.8 Å². The molecule has 90 valence electrons. The monoisotopic (exact) mass is 252 g/mol. The highest BCUT2D eigenvalue weighted by Gasteiger charge is 2.09. The van der Waals surface area contributed by atoms with Gasteiger partial charge in [0.15, 0.2) is 0 Å². The maximum Gasteiger partial charge on any atom is 0.325 e. The first-order chi connectivity index (χ1) is 8.17. The van der Waals surface area contributed by atoms with Crippen LogP contribution < -0.4 is 11.1 Å². The Labute approximate surface area is 103 Å². The van der Waals surface area contributed by atoms with Gasteiger partial charge in [-0.25, -0.2) is 0 Å². The van der Waals surface area contributed by atoms with Crippen LogP contribution in [-0.2, 0) is 9.53 Å². The molecule has 1 heterocycles. The predicted octanol–water partition coefficient (Wildman–Crippen LogP) is -0.0389. The van der Waals surface area contributed by atoms with E-state index in [1.165, 1.54) is 18.4 Å². The number of nitrogens with one attached hydrogen (secondary N) is 1. The van der Waals surface area contributed by atoms with E-state index in [4.69, 9.17) is 5.73 Å². The minimum Gasteiger partial charge on any atom is -0.468 e. The van der Waals surface area contributed by atoms with Gasteiger partial charge in [0.1, 0.15) is 6.54 Å².